The molecule has 2 N–H and O–H groups in total. The molecule has 0 aliphatic heterocycles. The van der Waals surface area contributed by atoms with Crippen LogP contribution in [0.3, 0.4) is 0 Å². The van der Waals surface area contributed by atoms with Crippen LogP contribution in [0.25, 0.3) is 15.9 Å². The molecule has 2 aromatic carbocycles. The second kappa shape index (κ2) is 6.82. The molecule has 0 unspecified atom stereocenters. The van der Waals surface area contributed by atoms with Gasteiger partial charge in [-0.1, -0.05) is 29.0 Å². The van der Waals surface area contributed by atoms with E-state index in [1.807, 2.05) is 19.1 Å². The van der Waals surface area contributed by atoms with Gasteiger partial charge in [-0.15, -0.1) is 5.10 Å². The second-order valence-corrected chi connectivity index (χ2v) is 8.47. The maximum absolute atomic E-state index is 12.9. The molecule has 1 amide bonds. The Morgan fingerprint density at radius 1 is 1.24 bits per heavy atom. The normalized spacial score (nSPS) is 13.7. The zero-order valence-electron chi connectivity index (χ0n) is 15.4. The van der Waals surface area contributed by atoms with Gasteiger partial charge in [-0.05, 0) is 55.7 Å². The fourth-order valence-electron chi connectivity index (χ4n) is 3.04. The van der Waals surface area contributed by atoms with E-state index in [9.17, 15) is 9.59 Å². The number of benzene rings is 2. The van der Waals surface area contributed by atoms with E-state index in [2.05, 4.69) is 20.7 Å². The van der Waals surface area contributed by atoms with Crippen LogP contribution in [0.2, 0.25) is 5.02 Å². The van der Waals surface area contributed by atoms with Gasteiger partial charge in [0.1, 0.15) is 0 Å². The number of amides is 1. The number of aryl methyl sites for hydroxylation is 1. The van der Waals surface area contributed by atoms with Crippen molar-refractivity contribution in [3.63, 3.8) is 0 Å². The van der Waals surface area contributed by atoms with Crippen molar-refractivity contribution in [1.29, 1.82) is 0 Å². The van der Waals surface area contributed by atoms with E-state index in [0.717, 1.165) is 24.1 Å². The fraction of sp³-hybridized carbons (Fsp3) is 0.200. The van der Waals surface area contributed by atoms with Crippen LogP contribution < -0.4 is 16.2 Å². The summed E-state index contributed by atoms with van der Waals surface area (Å²) in [6.45, 7) is 1.96. The Hall–Kier alpha value is -2.97. The largest absolute Gasteiger partial charge is 0.349 e. The number of halogens is 1. The Labute approximate surface area is 174 Å². The number of hydrogen-bond donors (Lipinski definition) is 2. The zero-order chi connectivity index (χ0) is 20.1. The molecule has 7 nitrogen and oxygen atoms in total. The molecule has 29 heavy (non-hydrogen) atoms. The molecule has 146 valence electrons. The van der Waals surface area contributed by atoms with Crippen molar-refractivity contribution in [2.24, 2.45) is 0 Å². The SMILES string of the molecule is Cc1ccc(Cl)cc1Nc1nn2c(=O)c3ccc(C(=O)NC4CC4)cc3nc2s1. The average Bonchev–Trinajstić information content (AvgIpc) is 3.42. The predicted molar refractivity (Wildman–Crippen MR) is 115 cm³/mol. The third kappa shape index (κ3) is 3.45. The van der Waals surface area contributed by atoms with Gasteiger partial charge in [0.05, 0.1) is 10.9 Å². The van der Waals surface area contributed by atoms with E-state index in [-0.39, 0.29) is 17.5 Å². The minimum Gasteiger partial charge on any atom is -0.349 e. The molecule has 0 spiro atoms. The van der Waals surface area contributed by atoms with Crippen LogP contribution in [0.5, 0.6) is 0 Å². The van der Waals surface area contributed by atoms with Gasteiger partial charge in [0, 0.05) is 22.3 Å². The Kier molecular flexibility index (Phi) is 4.25. The Balaban J connectivity index is 1.55. The van der Waals surface area contributed by atoms with Crippen LogP contribution in [0.4, 0.5) is 10.8 Å². The number of nitrogens with one attached hydrogen (secondary N) is 2. The summed E-state index contributed by atoms with van der Waals surface area (Å²) in [4.78, 5) is 30.2. The van der Waals surface area contributed by atoms with Crippen molar-refractivity contribution in [2.75, 3.05) is 5.32 Å². The lowest BCUT2D eigenvalue weighted by molar-refractivity contribution is 0.0951. The van der Waals surface area contributed by atoms with Gasteiger partial charge < -0.3 is 10.6 Å². The van der Waals surface area contributed by atoms with E-state index in [4.69, 9.17) is 11.6 Å². The van der Waals surface area contributed by atoms with Crippen LogP contribution in [-0.2, 0) is 0 Å². The molecule has 1 aliphatic rings. The van der Waals surface area contributed by atoms with E-state index in [1.165, 1.54) is 15.9 Å². The molecule has 0 radical (unpaired) electrons. The molecule has 0 saturated heterocycles. The van der Waals surface area contributed by atoms with Crippen molar-refractivity contribution in [3.05, 3.63) is 62.9 Å². The van der Waals surface area contributed by atoms with Gasteiger partial charge in [0.25, 0.3) is 11.5 Å². The number of anilines is 2. The van der Waals surface area contributed by atoms with Crippen molar-refractivity contribution in [1.82, 2.24) is 19.9 Å². The highest BCUT2D eigenvalue weighted by atomic mass is 35.5. The van der Waals surface area contributed by atoms with Crippen LogP contribution in [0.15, 0.2) is 41.2 Å². The fourth-order valence-corrected chi connectivity index (χ4v) is 4.02. The van der Waals surface area contributed by atoms with Crippen molar-refractivity contribution < 1.29 is 4.79 Å². The summed E-state index contributed by atoms with van der Waals surface area (Å²) in [5, 5.41) is 12.1. The average molecular weight is 426 g/mol. The van der Waals surface area contributed by atoms with Gasteiger partial charge in [0.2, 0.25) is 10.1 Å². The topological polar surface area (TPSA) is 88.4 Å². The van der Waals surface area contributed by atoms with Gasteiger partial charge in [-0.2, -0.15) is 4.52 Å². The van der Waals surface area contributed by atoms with Crippen molar-refractivity contribution >= 4 is 55.5 Å². The highest BCUT2D eigenvalue weighted by molar-refractivity contribution is 7.20. The Bertz CT molecular complexity index is 1340. The standard InChI is InChI=1S/C20H16ClN5O2S/c1-10-2-4-12(21)9-15(10)23-19-25-26-18(28)14-7-3-11(17(27)22-13-5-6-13)8-16(14)24-20(26)29-19/h2-4,7-9,13H,5-6H2,1H3,(H,22,27)(H,23,25). The first-order valence-corrected chi connectivity index (χ1v) is 10.3. The number of aromatic nitrogens is 3. The molecule has 1 aliphatic carbocycles. The summed E-state index contributed by atoms with van der Waals surface area (Å²) in [6, 6.07) is 10.7. The Morgan fingerprint density at radius 2 is 2.07 bits per heavy atom. The number of carbonyl (C=O) groups excluding carboxylic acids is 1. The lowest BCUT2D eigenvalue weighted by atomic mass is 10.1. The van der Waals surface area contributed by atoms with Gasteiger partial charge in [-0.3, -0.25) is 9.59 Å². The van der Waals surface area contributed by atoms with Crippen molar-refractivity contribution in [2.45, 2.75) is 25.8 Å². The molecule has 1 fully saturated rings. The first-order chi connectivity index (χ1) is 14.0. The molecular weight excluding hydrogens is 410 g/mol. The maximum Gasteiger partial charge on any atom is 0.283 e. The number of nitrogens with zero attached hydrogens (tertiary/aromatic N) is 3. The molecular formula is C20H16ClN5O2S. The lowest BCUT2D eigenvalue weighted by Crippen LogP contribution is -2.25. The van der Waals surface area contributed by atoms with E-state index in [0.29, 0.717) is 31.6 Å². The third-order valence-corrected chi connectivity index (χ3v) is 5.87. The highest BCUT2D eigenvalue weighted by Gasteiger charge is 2.24. The summed E-state index contributed by atoms with van der Waals surface area (Å²) in [5.41, 5.74) is 2.52. The Morgan fingerprint density at radius 3 is 2.86 bits per heavy atom. The van der Waals surface area contributed by atoms with Gasteiger partial charge >= 0.3 is 0 Å². The van der Waals surface area contributed by atoms with E-state index >= 15 is 0 Å². The van der Waals surface area contributed by atoms with Gasteiger partial charge in [-0.25, -0.2) is 4.98 Å². The molecule has 9 heteroatoms. The minimum absolute atomic E-state index is 0.139. The molecule has 0 bridgehead atoms. The molecule has 1 saturated carbocycles. The maximum atomic E-state index is 12.9. The summed E-state index contributed by atoms with van der Waals surface area (Å²) in [7, 11) is 0. The second-order valence-electron chi connectivity index (χ2n) is 7.08. The molecule has 2 aromatic heterocycles. The van der Waals surface area contributed by atoms with Gasteiger partial charge in [0.15, 0.2) is 0 Å². The van der Waals surface area contributed by atoms with Crippen LogP contribution in [-0.4, -0.2) is 26.5 Å². The van der Waals surface area contributed by atoms with Crippen LogP contribution >= 0.6 is 22.9 Å². The molecule has 5 rings (SSSR count). The lowest BCUT2D eigenvalue weighted by Gasteiger charge is -2.06. The minimum atomic E-state index is -0.272. The highest BCUT2D eigenvalue weighted by Crippen LogP contribution is 2.27. The van der Waals surface area contributed by atoms with Crippen LogP contribution in [0, 0.1) is 6.92 Å². The molecule has 4 aromatic rings. The monoisotopic (exact) mass is 425 g/mol. The molecule has 2 heterocycles. The zero-order valence-corrected chi connectivity index (χ0v) is 17.0. The predicted octanol–water partition coefficient (Wildman–Crippen LogP) is 3.90. The quantitative estimate of drug-likeness (QED) is 0.517. The van der Waals surface area contributed by atoms with Crippen molar-refractivity contribution in [3.8, 4) is 0 Å². The van der Waals surface area contributed by atoms with E-state index < -0.39 is 0 Å². The summed E-state index contributed by atoms with van der Waals surface area (Å²) in [6.07, 6.45) is 2.03. The first-order valence-electron chi connectivity index (χ1n) is 9.15. The van der Waals surface area contributed by atoms with Crippen LogP contribution in [0.1, 0.15) is 28.8 Å². The summed E-state index contributed by atoms with van der Waals surface area (Å²) in [5.74, 6) is -0.139. The smallest absolute Gasteiger partial charge is 0.283 e. The molecule has 0 atom stereocenters. The summed E-state index contributed by atoms with van der Waals surface area (Å²) < 4.78 is 1.28. The first kappa shape index (κ1) is 18.1. The number of hydrogen-bond acceptors (Lipinski definition) is 6. The third-order valence-electron chi connectivity index (χ3n) is 4.81. The number of fused-ring (bicyclic) bond motifs is 2. The van der Waals surface area contributed by atoms with E-state index in [1.54, 1.807) is 24.3 Å². The number of rotatable bonds is 4. The summed E-state index contributed by atoms with van der Waals surface area (Å²) >= 11 is 7.33. The number of carbonyl (C=O) groups is 1.